The van der Waals surface area contributed by atoms with Crippen LogP contribution in [-0.2, 0) is 4.74 Å². The maximum Gasteiger partial charge on any atom is 0.344 e. The predicted octanol–water partition coefficient (Wildman–Crippen LogP) is 3.78. The van der Waals surface area contributed by atoms with Crippen LogP contribution >= 0.6 is 0 Å². The Morgan fingerprint density at radius 3 is 2.24 bits per heavy atom. The molecule has 0 saturated carbocycles. The van der Waals surface area contributed by atoms with Gasteiger partial charge in [0.1, 0.15) is 5.76 Å². The third kappa shape index (κ3) is 2.27. The first-order valence-corrected chi connectivity index (χ1v) is 6.72. The van der Waals surface area contributed by atoms with Gasteiger partial charge in [-0.05, 0) is 19.9 Å². The summed E-state index contributed by atoms with van der Waals surface area (Å²) in [5.74, 6) is -0.174. The maximum atomic E-state index is 12.5. The van der Waals surface area contributed by atoms with E-state index in [9.17, 15) is 9.59 Å². The van der Waals surface area contributed by atoms with Crippen LogP contribution in [0.4, 0.5) is 0 Å². The molecule has 1 aliphatic heterocycles. The van der Waals surface area contributed by atoms with E-state index in [2.05, 4.69) is 0 Å². The number of ketones is 1. The highest BCUT2D eigenvalue weighted by Gasteiger charge is 2.29. The molecule has 0 N–H and O–H groups in total. The summed E-state index contributed by atoms with van der Waals surface area (Å²) in [5, 5.41) is 0. The van der Waals surface area contributed by atoms with Crippen LogP contribution in [-0.4, -0.2) is 11.8 Å². The monoisotopic (exact) mass is 278 g/mol. The van der Waals surface area contributed by atoms with Gasteiger partial charge in [0.25, 0.3) is 0 Å². The van der Waals surface area contributed by atoms with Crippen LogP contribution in [0.3, 0.4) is 0 Å². The molecular formula is C18H14O3. The zero-order valence-electron chi connectivity index (χ0n) is 11.8. The number of hydrogen-bond acceptors (Lipinski definition) is 3. The standard InChI is InChI=1S/C18H14O3/c1-11-7-9-13(10-8-11)16(19)12(2)17-14-5-3-4-6-15(14)18(20)21-17/h3-10H,1-2H3/b17-12-. The van der Waals surface area contributed by atoms with Crippen LogP contribution < -0.4 is 0 Å². The number of carbonyl (C=O) groups excluding carboxylic acids is 2. The first kappa shape index (κ1) is 13.3. The lowest BCUT2D eigenvalue weighted by atomic mass is 9.99. The van der Waals surface area contributed by atoms with Crippen molar-refractivity contribution in [2.24, 2.45) is 0 Å². The van der Waals surface area contributed by atoms with Crippen molar-refractivity contribution in [2.45, 2.75) is 13.8 Å². The third-order valence-electron chi connectivity index (χ3n) is 3.58. The Bertz CT molecular complexity index is 767. The number of cyclic esters (lactones) is 1. The summed E-state index contributed by atoms with van der Waals surface area (Å²) in [6.45, 7) is 3.65. The zero-order chi connectivity index (χ0) is 15.0. The fourth-order valence-corrected chi connectivity index (χ4v) is 2.36. The van der Waals surface area contributed by atoms with Crippen LogP contribution in [0.15, 0.2) is 54.1 Å². The molecule has 3 rings (SSSR count). The quantitative estimate of drug-likeness (QED) is 0.477. The number of Topliss-reactive ketones (excluding diaryl/α,β-unsaturated/α-hetero) is 1. The van der Waals surface area contributed by atoms with Crippen LogP contribution in [0, 0.1) is 6.92 Å². The smallest absolute Gasteiger partial charge is 0.344 e. The number of fused-ring (bicyclic) bond motifs is 1. The average Bonchev–Trinajstić information content (AvgIpc) is 2.84. The summed E-state index contributed by atoms with van der Waals surface area (Å²) < 4.78 is 5.28. The molecule has 3 nitrogen and oxygen atoms in total. The summed E-state index contributed by atoms with van der Waals surface area (Å²) in [7, 11) is 0. The van der Waals surface area contributed by atoms with Crippen LogP contribution in [0.1, 0.15) is 38.8 Å². The van der Waals surface area contributed by atoms with Gasteiger partial charge < -0.3 is 4.74 Å². The fraction of sp³-hybridized carbons (Fsp3) is 0.111. The van der Waals surface area contributed by atoms with Crippen molar-refractivity contribution in [1.82, 2.24) is 0 Å². The normalized spacial score (nSPS) is 15.4. The Balaban J connectivity index is 2.05. The summed E-state index contributed by atoms with van der Waals surface area (Å²) >= 11 is 0. The van der Waals surface area contributed by atoms with Crippen molar-refractivity contribution in [3.05, 3.63) is 76.4 Å². The molecule has 0 fully saturated rings. The predicted molar refractivity (Wildman–Crippen MR) is 80.0 cm³/mol. The minimum absolute atomic E-state index is 0.130. The van der Waals surface area contributed by atoms with Gasteiger partial charge in [-0.25, -0.2) is 4.79 Å². The van der Waals surface area contributed by atoms with Crippen molar-refractivity contribution < 1.29 is 14.3 Å². The van der Waals surface area contributed by atoms with Gasteiger partial charge >= 0.3 is 5.97 Å². The van der Waals surface area contributed by atoms with E-state index >= 15 is 0 Å². The van der Waals surface area contributed by atoms with Crippen molar-refractivity contribution >= 4 is 17.5 Å². The number of benzene rings is 2. The SMILES string of the molecule is C/C(C(=O)c1ccc(C)cc1)=C1/OC(=O)c2ccccc21. The molecule has 0 aromatic heterocycles. The van der Waals surface area contributed by atoms with E-state index in [1.165, 1.54) is 0 Å². The molecule has 0 bridgehead atoms. The van der Waals surface area contributed by atoms with Gasteiger partial charge in [0.15, 0.2) is 5.78 Å². The first-order chi connectivity index (χ1) is 10.1. The second-order valence-corrected chi connectivity index (χ2v) is 5.08. The number of carbonyl (C=O) groups is 2. The lowest BCUT2D eigenvalue weighted by Crippen LogP contribution is -2.04. The molecule has 0 amide bonds. The second-order valence-electron chi connectivity index (χ2n) is 5.08. The number of allylic oxidation sites excluding steroid dienone is 1. The molecule has 0 radical (unpaired) electrons. The van der Waals surface area contributed by atoms with Gasteiger partial charge in [-0.15, -0.1) is 0 Å². The molecule has 0 saturated heterocycles. The molecule has 1 aliphatic rings. The molecule has 0 atom stereocenters. The van der Waals surface area contributed by atoms with E-state index in [0.29, 0.717) is 28.0 Å². The molecule has 21 heavy (non-hydrogen) atoms. The molecule has 1 heterocycles. The van der Waals surface area contributed by atoms with Crippen LogP contribution in [0.25, 0.3) is 5.76 Å². The molecular weight excluding hydrogens is 264 g/mol. The van der Waals surface area contributed by atoms with Gasteiger partial charge in [0.2, 0.25) is 0 Å². The van der Waals surface area contributed by atoms with E-state index in [1.54, 1.807) is 37.3 Å². The average molecular weight is 278 g/mol. The van der Waals surface area contributed by atoms with Crippen LogP contribution in [0.2, 0.25) is 0 Å². The minimum Gasteiger partial charge on any atom is -0.422 e. The lowest BCUT2D eigenvalue weighted by Gasteiger charge is -2.06. The highest BCUT2D eigenvalue weighted by molar-refractivity contribution is 6.15. The molecule has 3 heteroatoms. The third-order valence-corrected chi connectivity index (χ3v) is 3.58. The Labute approximate surface area is 122 Å². The highest BCUT2D eigenvalue weighted by atomic mass is 16.5. The fourth-order valence-electron chi connectivity index (χ4n) is 2.36. The summed E-state index contributed by atoms with van der Waals surface area (Å²) in [4.78, 5) is 24.3. The minimum atomic E-state index is -0.406. The number of esters is 1. The van der Waals surface area contributed by atoms with Crippen LogP contribution in [0.5, 0.6) is 0 Å². The van der Waals surface area contributed by atoms with E-state index < -0.39 is 5.97 Å². The van der Waals surface area contributed by atoms with Gasteiger partial charge in [-0.1, -0.05) is 48.0 Å². The number of aryl methyl sites for hydroxylation is 1. The Morgan fingerprint density at radius 1 is 0.952 bits per heavy atom. The van der Waals surface area contributed by atoms with Crippen molar-refractivity contribution in [3.8, 4) is 0 Å². The summed E-state index contributed by atoms with van der Waals surface area (Å²) in [6.07, 6.45) is 0. The van der Waals surface area contributed by atoms with Gasteiger partial charge in [0.05, 0.1) is 5.56 Å². The van der Waals surface area contributed by atoms with Gasteiger partial charge in [-0.3, -0.25) is 4.79 Å². The summed E-state index contributed by atoms with van der Waals surface area (Å²) in [5.41, 5.74) is 3.31. The number of ether oxygens (including phenoxy) is 1. The van der Waals surface area contributed by atoms with E-state index in [1.807, 2.05) is 25.1 Å². The van der Waals surface area contributed by atoms with E-state index in [0.717, 1.165) is 5.56 Å². The molecule has 0 unspecified atom stereocenters. The molecule has 104 valence electrons. The largest absolute Gasteiger partial charge is 0.422 e. The number of hydrogen-bond donors (Lipinski definition) is 0. The Hall–Kier alpha value is -2.68. The van der Waals surface area contributed by atoms with Crippen molar-refractivity contribution in [3.63, 3.8) is 0 Å². The van der Waals surface area contributed by atoms with Gasteiger partial charge in [-0.2, -0.15) is 0 Å². The zero-order valence-corrected chi connectivity index (χ0v) is 11.8. The van der Waals surface area contributed by atoms with Crippen molar-refractivity contribution in [2.75, 3.05) is 0 Å². The lowest BCUT2D eigenvalue weighted by molar-refractivity contribution is 0.0714. The van der Waals surface area contributed by atoms with Crippen molar-refractivity contribution in [1.29, 1.82) is 0 Å². The second kappa shape index (κ2) is 5.02. The molecule has 0 aliphatic carbocycles. The van der Waals surface area contributed by atoms with E-state index in [4.69, 9.17) is 4.74 Å². The number of rotatable bonds is 2. The maximum absolute atomic E-state index is 12.5. The first-order valence-electron chi connectivity index (χ1n) is 6.72. The summed E-state index contributed by atoms with van der Waals surface area (Å²) in [6, 6.07) is 14.4. The topological polar surface area (TPSA) is 43.4 Å². The Morgan fingerprint density at radius 2 is 1.57 bits per heavy atom. The molecule has 2 aromatic rings. The molecule has 2 aromatic carbocycles. The molecule has 0 spiro atoms. The van der Waals surface area contributed by atoms with E-state index in [-0.39, 0.29) is 5.78 Å². The highest BCUT2D eigenvalue weighted by Crippen LogP contribution is 2.32. The Kier molecular flexibility index (Phi) is 3.18. The van der Waals surface area contributed by atoms with Gasteiger partial charge in [0, 0.05) is 16.7 Å².